The largest absolute Gasteiger partial charge is 0.481 e. The summed E-state index contributed by atoms with van der Waals surface area (Å²) in [5, 5.41) is 14.8. The number of rotatable bonds is 9. The van der Waals surface area contributed by atoms with Gasteiger partial charge >= 0.3 is 12.1 Å². The number of carbonyl (C=O) groups excluding carboxylic acids is 2. The molecule has 2 aliphatic rings. The predicted molar refractivity (Wildman–Crippen MR) is 147 cm³/mol. The van der Waals surface area contributed by atoms with Crippen LogP contribution in [-0.2, 0) is 20.9 Å². The van der Waals surface area contributed by atoms with Crippen LogP contribution in [0, 0.1) is 0 Å². The molecular weight excluding hydrogens is 494 g/mol. The highest BCUT2D eigenvalue weighted by Gasteiger charge is 2.46. The molecule has 1 fully saturated rings. The lowest BCUT2D eigenvalue weighted by Gasteiger charge is -2.30. The number of amides is 2. The van der Waals surface area contributed by atoms with Crippen LogP contribution in [0.5, 0.6) is 0 Å². The summed E-state index contributed by atoms with van der Waals surface area (Å²) in [7, 11) is 0. The zero-order chi connectivity index (χ0) is 27.4. The molecule has 1 aliphatic heterocycles. The lowest BCUT2D eigenvalue weighted by atomic mass is 9.96. The zero-order valence-electron chi connectivity index (χ0n) is 21.9. The zero-order valence-corrected chi connectivity index (χ0v) is 21.9. The van der Waals surface area contributed by atoms with Crippen molar-refractivity contribution in [3.63, 3.8) is 0 Å². The van der Waals surface area contributed by atoms with E-state index in [1.807, 2.05) is 54.6 Å². The van der Waals surface area contributed by atoms with Crippen molar-refractivity contribution >= 4 is 18.0 Å². The number of likely N-dealkylation sites (tertiary alicyclic amines) is 1. The number of carboxylic acids is 1. The Morgan fingerprint density at radius 1 is 0.974 bits per heavy atom. The number of benzene rings is 3. The van der Waals surface area contributed by atoms with Gasteiger partial charge in [0.2, 0.25) is 5.91 Å². The van der Waals surface area contributed by atoms with E-state index >= 15 is 0 Å². The van der Waals surface area contributed by atoms with Gasteiger partial charge in [-0.2, -0.15) is 0 Å². The third-order valence-electron chi connectivity index (χ3n) is 7.58. The van der Waals surface area contributed by atoms with Crippen molar-refractivity contribution in [2.24, 2.45) is 0 Å². The van der Waals surface area contributed by atoms with Crippen LogP contribution >= 0.6 is 0 Å². The number of carbonyl (C=O) groups is 3. The highest BCUT2D eigenvalue weighted by atomic mass is 16.5. The number of nitrogens with zero attached hydrogens (tertiary/aromatic N) is 1. The summed E-state index contributed by atoms with van der Waals surface area (Å²) in [6.45, 7) is 3.30. The Morgan fingerprint density at radius 3 is 2.23 bits per heavy atom. The Hall–Kier alpha value is -4.17. The fourth-order valence-electron chi connectivity index (χ4n) is 5.71. The van der Waals surface area contributed by atoms with E-state index in [9.17, 15) is 14.4 Å². The average molecular weight is 528 g/mol. The molecule has 8 heteroatoms. The molecule has 2 atom stereocenters. The summed E-state index contributed by atoms with van der Waals surface area (Å²) in [6.07, 6.45) is -0.490. The van der Waals surface area contributed by atoms with Gasteiger partial charge in [-0.1, -0.05) is 78.9 Å². The minimum Gasteiger partial charge on any atom is -0.481 e. The lowest BCUT2D eigenvalue weighted by Crippen LogP contribution is -2.61. The third-order valence-corrected chi connectivity index (χ3v) is 7.58. The van der Waals surface area contributed by atoms with E-state index in [1.54, 1.807) is 6.92 Å². The van der Waals surface area contributed by atoms with Crippen LogP contribution in [0.15, 0.2) is 78.9 Å². The number of hydrogen-bond acceptors (Lipinski definition) is 5. The van der Waals surface area contributed by atoms with Crippen LogP contribution in [0.3, 0.4) is 0 Å². The number of hydrogen-bond donors (Lipinski definition) is 3. The van der Waals surface area contributed by atoms with Crippen molar-refractivity contribution in [2.45, 2.75) is 43.8 Å². The molecule has 2 amide bonds. The second kappa shape index (κ2) is 11.3. The number of nitrogens with one attached hydrogen (secondary N) is 2. The first-order valence-corrected chi connectivity index (χ1v) is 13.3. The molecule has 1 unspecified atom stereocenters. The fraction of sp³-hybridized carbons (Fsp3) is 0.323. The van der Waals surface area contributed by atoms with E-state index < -0.39 is 29.6 Å². The molecule has 39 heavy (non-hydrogen) atoms. The second-order valence-corrected chi connectivity index (χ2v) is 10.5. The number of ether oxygens (including phenoxy) is 1. The maximum absolute atomic E-state index is 13.5. The van der Waals surface area contributed by atoms with Gasteiger partial charge in [0, 0.05) is 31.6 Å². The molecule has 3 aromatic carbocycles. The van der Waals surface area contributed by atoms with Crippen molar-refractivity contribution in [2.75, 3.05) is 19.7 Å². The topological polar surface area (TPSA) is 108 Å². The van der Waals surface area contributed by atoms with E-state index in [2.05, 4.69) is 39.8 Å². The smallest absolute Gasteiger partial charge is 0.408 e. The molecule has 0 saturated carbocycles. The molecule has 3 N–H and O–H groups in total. The first-order valence-electron chi connectivity index (χ1n) is 13.3. The number of fused-ring (bicyclic) bond motifs is 3. The number of carboxylic acid groups (broad SMARTS) is 1. The maximum atomic E-state index is 13.5. The summed E-state index contributed by atoms with van der Waals surface area (Å²) in [4.78, 5) is 39.9. The van der Waals surface area contributed by atoms with E-state index in [0.29, 0.717) is 19.5 Å². The van der Waals surface area contributed by atoms with Gasteiger partial charge in [0.25, 0.3) is 0 Å². The van der Waals surface area contributed by atoms with Gasteiger partial charge in [0.15, 0.2) is 0 Å². The first kappa shape index (κ1) is 26.4. The molecule has 0 aromatic heterocycles. The van der Waals surface area contributed by atoms with Crippen molar-refractivity contribution in [3.8, 4) is 11.1 Å². The predicted octanol–water partition coefficient (Wildman–Crippen LogP) is 4.15. The molecule has 3 aromatic rings. The molecule has 0 radical (unpaired) electrons. The van der Waals surface area contributed by atoms with Crippen LogP contribution in [0.1, 0.15) is 42.4 Å². The van der Waals surface area contributed by atoms with Crippen molar-refractivity contribution in [1.29, 1.82) is 0 Å². The molecule has 8 nitrogen and oxygen atoms in total. The van der Waals surface area contributed by atoms with E-state index in [0.717, 1.165) is 27.8 Å². The summed E-state index contributed by atoms with van der Waals surface area (Å²) in [5.41, 5.74) is 4.36. The lowest BCUT2D eigenvalue weighted by molar-refractivity contribution is -0.137. The second-order valence-electron chi connectivity index (χ2n) is 10.5. The van der Waals surface area contributed by atoms with Gasteiger partial charge in [-0.3, -0.25) is 14.5 Å². The minimum atomic E-state index is -1.23. The average Bonchev–Trinajstić information content (AvgIpc) is 3.47. The fourth-order valence-corrected chi connectivity index (χ4v) is 5.71. The molecule has 0 spiro atoms. The quantitative estimate of drug-likeness (QED) is 0.386. The molecule has 202 valence electrons. The van der Waals surface area contributed by atoms with E-state index in [-0.39, 0.29) is 25.5 Å². The standard InChI is InChI=1S/C31H33N3O5/c1-21(17-28(35)36)32-29(37)31(15-16-34(20-31)18-22-9-3-2-4-10-22)33-30(38)39-19-27-25-13-7-5-11-23(25)24-12-6-8-14-26(24)27/h2-14,21,27H,15-20H2,1H3,(H,32,37)(H,33,38)(H,35,36)/t21-,31?/m1/s1. The Kier molecular flexibility index (Phi) is 7.65. The molecule has 1 heterocycles. The normalized spacial score (nSPS) is 19.1. The van der Waals surface area contributed by atoms with Gasteiger partial charge in [0.05, 0.1) is 6.42 Å². The SMILES string of the molecule is C[C@H](CC(=O)O)NC(=O)C1(NC(=O)OCC2c3ccccc3-c3ccccc32)CCN(Cc2ccccc2)C1. The van der Waals surface area contributed by atoms with Gasteiger partial charge in [-0.15, -0.1) is 0 Å². The van der Waals surface area contributed by atoms with Gasteiger partial charge in [0.1, 0.15) is 12.1 Å². The van der Waals surface area contributed by atoms with Crippen LogP contribution in [0.2, 0.25) is 0 Å². The van der Waals surface area contributed by atoms with Gasteiger partial charge in [-0.25, -0.2) is 4.79 Å². The molecule has 1 saturated heterocycles. The summed E-state index contributed by atoms with van der Waals surface area (Å²) in [6, 6.07) is 25.6. The summed E-state index contributed by atoms with van der Waals surface area (Å²) < 4.78 is 5.76. The van der Waals surface area contributed by atoms with Crippen LogP contribution in [-0.4, -0.2) is 59.3 Å². The monoisotopic (exact) mass is 527 g/mol. The molecule has 0 bridgehead atoms. The van der Waals surface area contributed by atoms with E-state index in [4.69, 9.17) is 9.84 Å². The molecular formula is C31H33N3O5. The summed E-state index contributed by atoms with van der Waals surface area (Å²) in [5.74, 6) is -1.50. The third kappa shape index (κ3) is 5.81. The van der Waals surface area contributed by atoms with Crippen molar-refractivity contribution < 1.29 is 24.2 Å². The van der Waals surface area contributed by atoms with Gasteiger partial charge < -0.3 is 20.5 Å². The highest BCUT2D eigenvalue weighted by Crippen LogP contribution is 2.44. The Labute approximate surface area is 228 Å². The summed E-state index contributed by atoms with van der Waals surface area (Å²) >= 11 is 0. The minimum absolute atomic E-state index is 0.0957. The highest BCUT2D eigenvalue weighted by molar-refractivity contribution is 5.91. The van der Waals surface area contributed by atoms with Crippen molar-refractivity contribution in [1.82, 2.24) is 15.5 Å². The van der Waals surface area contributed by atoms with Crippen LogP contribution < -0.4 is 10.6 Å². The van der Waals surface area contributed by atoms with Crippen molar-refractivity contribution in [3.05, 3.63) is 95.6 Å². The van der Waals surface area contributed by atoms with Gasteiger partial charge in [-0.05, 0) is 41.2 Å². The number of alkyl carbamates (subject to hydrolysis) is 1. The Bertz CT molecular complexity index is 1320. The van der Waals surface area contributed by atoms with E-state index in [1.165, 1.54) is 0 Å². The molecule has 1 aliphatic carbocycles. The van der Waals surface area contributed by atoms with Crippen LogP contribution in [0.25, 0.3) is 11.1 Å². The Balaban J connectivity index is 1.30. The first-order chi connectivity index (χ1) is 18.8. The maximum Gasteiger partial charge on any atom is 0.408 e. The Morgan fingerprint density at radius 2 is 1.59 bits per heavy atom. The molecule has 5 rings (SSSR count). The van der Waals surface area contributed by atoms with Crippen LogP contribution in [0.4, 0.5) is 4.79 Å². The number of aliphatic carboxylic acids is 1.